The molecule has 0 aliphatic heterocycles. The van der Waals surface area contributed by atoms with Gasteiger partial charge in [-0.1, -0.05) is 0 Å². The zero-order valence-electron chi connectivity index (χ0n) is 9.44. The smallest absolute Gasteiger partial charge is 0.251 e. The van der Waals surface area contributed by atoms with Crippen molar-refractivity contribution in [2.24, 2.45) is 0 Å². The van der Waals surface area contributed by atoms with Gasteiger partial charge in [0.1, 0.15) is 5.82 Å². The summed E-state index contributed by atoms with van der Waals surface area (Å²) >= 11 is 3.04. The third-order valence-corrected chi connectivity index (χ3v) is 3.01. The minimum Gasteiger partial charge on any atom is -0.350 e. The van der Waals surface area contributed by atoms with E-state index in [0.29, 0.717) is 23.1 Å². The van der Waals surface area contributed by atoms with Crippen LogP contribution in [-0.2, 0) is 6.54 Å². The zero-order valence-corrected chi connectivity index (χ0v) is 11.0. The Balaban J connectivity index is 1.89. The van der Waals surface area contributed by atoms with Gasteiger partial charge in [0.25, 0.3) is 5.91 Å². The SMILES string of the molecule is O=C(NCCn1cccn1)c1ccc(Br)c(F)c1. The van der Waals surface area contributed by atoms with Gasteiger partial charge in [-0.15, -0.1) is 0 Å². The standard InChI is InChI=1S/C12H11BrFN3O/c13-10-3-2-9(8-11(10)14)12(18)15-5-7-17-6-1-4-16-17/h1-4,6,8H,5,7H2,(H,15,18). The number of nitrogens with zero attached hydrogens (tertiary/aromatic N) is 2. The van der Waals surface area contributed by atoms with E-state index in [-0.39, 0.29) is 5.91 Å². The van der Waals surface area contributed by atoms with Crippen molar-refractivity contribution in [1.29, 1.82) is 0 Å². The number of hydrogen-bond donors (Lipinski definition) is 1. The number of carbonyl (C=O) groups excluding carboxylic acids is 1. The van der Waals surface area contributed by atoms with Crippen LogP contribution in [0.1, 0.15) is 10.4 Å². The van der Waals surface area contributed by atoms with Crippen molar-refractivity contribution in [1.82, 2.24) is 15.1 Å². The van der Waals surface area contributed by atoms with Crippen LogP contribution in [0.3, 0.4) is 0 Å². The monoisotopic (exact) mass is 311 g/mol. The van der Waals surface area contributed by atoms with E-state index in [1.807, 2.05) is 12.3 Å². The first-order valence-corrected chi connectivity index (χ1v) is 6.17. The second-order valence-electron chi connectivity index (χ2n) is 3.65. The van der Waals surface area contributed by atoms with Crippen molar-refractivity contribution in [3.63, 3.8) is 0 Å². The minimum absolute atomic E-state index is 0.298. The van der Waals surface area contributed by atoms with Crippen LogP contribution in [0.25, 0.3) is 0 Å². The van der Waals surface area contributed by atoms with E-state index in [2.05, 4.69) is 26.3 Å². The average molecular weight is 312 g/mol. The van der Waals surface area contributed by atoms with Gasteiger partial charge in [-0.3, -0.25) is 9.48 Å². The molecule has 0 radical (unpaired) electrons. The predicted octanol–water partition coefficient (Wildman–Crippen LogP) is 2.21. The highest BCUT2D eigenvalue weighted by atomic mass is 79.9. The molecule has 0 spiro atoms. The van der Waals surface area contributed by atoms with Crippen molar-refractivity contribution in [2.45, 2.75) is 6.54 Å². The summed E-state index contributed by atoms with van der Waals surface area (Å²) in [6, 6.07) is 6.09. The van der Waals surface area contributed by atoms with Crippen LogP contribution in [0, 0.1) is 5.82 Å². The lowest BCUT2D eigenvalue weighted by atomic mass is 10.2. The van der Waals surface area contributed by atoms with Gasteiger partial charge in [-0.25, -0.2) is 4.39 Å². The van der Waals surface area contributed by atoms with Gasteiger partial charge < -0.3 is 5.32 Å². The molecule has 1 heterocycles. The number of hydrogen-bond acceptors (Lipinski definition) is 2. The van der Waals surface area contributed by atoms with E-state index in [4.69, 9.17) is 0 Å². The van der Waals surface area contributed by atoms with Gasteiger partial charge in [0.05, 0.1) is 11.0 Å². The third kappa shape index (κ3) is 3.16. The molecular formula is C12H11BrFN3O. The molecule has 4 nitrogen and oxygen atoms in total. The Morgan fingerprint density at radius 1 is 1.50 bits per heavy atom. The van der Waals surface area contributed by atoms with Crippen LogP contribution in [0.4, 0.5) is 4.39 Å². The topological polar surface area (TPSA) is 46.9 Å². The molecule has 2 rings (SSSR count). The highest BCUT2D eigenvalue weighted by Crippen LogP contribution is 2.16. The van der Waals surface area contributed by atoms with E-state index in [0.717, 1.165) is 0 Å². The maximum absolute atomic E-state index is 13.2. The average Bonchev–Trinajstić information content (AvgIpc) is 2.85. The Hall–Kier alpha value is -1.69. The molecule has 18 heavy (non-hydrogen) atoms. The fraction of sp³-hybridized carbons (Fsp3) is 0.167. The lowest BCUT2D eigenvalue weighted by molar-refractivity contribution is 0.0951. The maximum Gasteiger partial charge on any atom is 0.251 e. The Labute approximate surface area is 112 Å². The second-order valence-corrected chi connectivity index (χ2v) is 4.51. The van der Waals surface area contributed by atoms with E-state index in [1.54, 1.807) is 16.9 Å². The first-order valence-electron chi connectivity index (χ1n) is 5.37. The molecule has 94 valence electrons. The molecule has 1 N–H and O–H groups in total. The first kappa shape index (κ1) is 12.8. The third-order valence-electron chi connectivity index (χ3n) is 2.37. The predicted molar refractivity (Wildman–Crippen MR) is 68.7 cm³/mol. The van der Waals surface area contributed by atoms with Crippen LogP contribution in [0.5, 0.6) is 0 Å². The Kier molecular flexibility index (Phi) is 4.09. The molecule has 0 aliphatic carbocycles. The number of amides is 1. The minimum atomic E-state index is -0.449. The number of halogens is 2. The van der Waals surface area contributed by atoms with Crippen molar-refractivity contribution < 1.29 is 9.18 Å². The molecule has 0 saturated carbocycles. The van der Waals surface area contributed by atoms with Gasteiger partial charge in [-0.2, -0.15) is 5.10 Å². The first-order chi connectivity index (χ1) is 8.66. The summed E-state index contributed by atoms with van der Waals surface area (Å²) in [7, 11) is 0. The summed E-state index contributed by atoms with van der Waals surface area (Å²) in [5, 5.41) is 6.71. The molecule has 0 atom stereocenters. The second kappa shape index (κ2) is 5.77. The van der Waals surface area contributed by atoms with Crippen molar-refractivity contribution in [3.05, 3.63) is 52.5 Å². The number of aromatic nitrogens is 2. The molecule has 0 aliphatic rings. The summed E-state index contributed by atoms with van der Waals surface area (Å²) < 4.78 is 15.3. The van der Waals surface area contributed by atoms with E-state index >= 15 is 0 Å². The molecule has 0 bridgehead atoms. The summed E-state index contributed by atoms with van der Waals surface area (Å²) in [6.07, 6.45) is 3.48. The quantitative estimate of drug-likeness (QED) is 0.941. The maximum atomic E-state index is 13.2. The summed E-state index contributed by atoms with van der Waals surface area (Å²) in [6.45, 7) is 1.02. The molecule has 2 aromatic rings. The highest BCUT2D eigenvalue weighted by molar-refractivity contribution is 9.10. The van der Waals surface area contributed by atoms with Gasteiger partial charge in [0.2, 0.25) is 0 Å². The number of benzene rings is 1. The van der Waals surface area contributed by atoms with Crippen LogP contribution in [-0.4, -0.2) is 22.2 Å². The molecular weight excluding hydrogens is 301 g/mol. The van der Waals surface area contributed by atoms with Crippen LogP contribution < -0.4 is 5.32 Å². The summed E-state index contributed by atoms with van der Waals surface area (Å²) in [5.41, 5.74) is 0.302. The number of rotatable bonds is 4. The fourth-order valence-corrected chi connectivity index (χ4v) is 1.70. The van der Waals surface area contributed by atoms with Crippen molar-refractivity contribution in [2.75, 3.05) is 6.54 Å². The molecule has 0 unspecified atom stereocenters. The molecule has 0 fully saturated rings. The van der Waals surface area contributed by atoms with E-state index in [1.165, 1.54) is 12.1 Å². The Morgan fingerprint density at radius 3 is 3.00 bits per heavy atom. The van der Waals surface area contributed by atoms with Crippen molar-refractivity contribution >= 4 is 21.8 Å². The molecule has 6 heteroatoms. The van der Waals surface area contributed by atoms with Gasteiger partial charge in [-0.05, 0) is 40.2 Å². The normalized spacial score (nSPS) is 10.3. The fourth-order valence-electron chi connectivity index (χ4n) is 1.46. The Morgan fingerprint density at radius 2 is 2.33 bits per heavy atom. The summed E-state index contributed by atoms with van der Waals surface area (Å²) in [5.74, 6) is -0.747. The lowest BCUT2D eigenvalue weighted by Crippen LogP contribution is -2.27. The van der Waals surface area contributed by atoms with Crippen molar-refractivity contribution in [3.8, 4) is 0 Å². The lowest BCUT2D eigenvalue weighted by Gasteiger charge is -2.06. The number of nitrogens with one attached hydrogen (secondary N) is 1. The van der Waals surface area contributed by atoms with Gasteiger partial charge in [0, 0.05) is 24.5 Å². The molecule has 1 aromatic carbocycles. The zero-order chi connectivity index (χ0) is 13.0. The van der Waals surface area contributed by atoms with Gasteiger partial charge >= 0.3 is 0 Å². The Bertz CT molecular complexity index is 542. The van der Waals surface area contributed by atoms with E-state index < -0.39 is 5.82 Å². The van der Waals surface area contributed by atoms with E-state index in [9.17, 15) is 9.18 Å². The largest absolute Gasteiger partial charge is 0.350 e. The summed E-state index contributed by atoms with van der Waals surface area (Å²) in [4.78, 5) is 11.7. The van der Waals surface area contributed by atoms with Crippen LogP contribution in [0.15, 0.2) is 41.1 Å². The van der Waals surface area contributed by atoms with Crippen LogP contribution >= 0.6 is 15.9 Å². The molecule has 0 saturated heterocycles. The van der Waals surface area contributed by atoms with Crippen LogP contribution in [0.2, 0.25) is 0 Å². The highest BCUT2D eigenvalue weighted by Gasteiger charge is 2.07. The number of carbonyl (C=O) groups is 1. The molecule has 1 aromatic heterocycles. The molecule has 1 amide bonds. The van der Waals surface area contributed by atoms with Gasteiger partial charge in [0.15, 0.2) is 0 Å².